The molecule has 3 nitrogen and oxygen atoms in total. The zero-order valence-corrected chi connectivity index (χ0v) is 34.0. The average Bonchev–Trinajstić information content (AvgIpc) is 3.58. The Morgan fingerprint density at radius 1 is 0.361 bits per heavy atom. The van der Waals surface area contributed by atoms with Gasteiger partial charge in [0.15, 0.2) is 5.82 Å². The van der Waals surface area contributed by atoms with Crippen LogP contribution in [0.25, 0.3) is 100 Å². The summed E-state index contributed by atoms with van der Waals surface area (Å²) >= 11 is 0. The van der Waals surface area contributed by atoms with Crippen LogP contribution in [0.2, 0.25) is 0 Å². The first-order valence-electron chi connectivity index (χ1n) is 20.9. The standard InChI is InChI=1S/C58H41N3/c1-58(2)51-25-11-24-50(56(51)55-49-23-7-6-13-39(49)30-31-52(55)58)46-20-9-18-44(34-46)42-16-8-17-43(33-42)45-19-10-21-47(35-45)54-36-53(60-57(61-54)41-14-4-3-5-15-41)40-28-26-38(27-29-40)48-22-12-32-59-37-48/h3-37H,1-2H3. The lowest BCUT2D eigenvalue weighted by molar-refractivity contribution is 0.661. The van der Waals surface area contributed by atoms with E-state index in [2.05, 4.69) is 195 Å². The predicted octanol–water partition coefficient (Wildman–Crippen LogP) is 15.0. The quantitative estimate of drug-likeness (QED) is 0.162. The Balaban J connectivity index is 0.957. The lowest BCUT2D eigenvalue weighted by Gasteiger charge is -2.21. The summed E-state index contributed by atoms with van der Waals surface area (Å²) in [7, 11) is 0. The van der Waals surface area contributed by atoms with E-state index in [-0.39, 0.29) is 5.41 Å². The summed E-state index contributed by atoms with van der Waals surface area (Å²) in [4.78, 5) is 14.5. The van der Waals surface area contributed by atoms with Crippen LogP contribution in [0, 0.1) is 0 Å². The molecule has 1 aliphatic rings. The third-order valence-electron chi connectivity index (χ3n) is 12.4. The van der Waals surface area contributed by atoms with Gasteiger partial charge in [-0.1, -0.05) is 184 Å². The molecule has 0 bridgehead atoms. The van der Waals surface area contributed by atoms with Crippen LogP contribution in [0.5, 0.6) is 0 Å². The second kappa shape index (κ2) is 14.8. The Hall–Kier alpha value is -7.75. The Morgan fingerprint density at radius 2 is 0.918 bits per heavy atom. The van der Waals surface area contributed by atoms with Gasteiger partial charge in [0.2, 0.25) is 0 Å². The van der Waals surface area contributed by atoms with Crippen LogP contribution in [0.3, 0.4) is 0 Å². The molecule has 0 aliphatic heterocycles. The molecule has 0 unspecified atom stereocenters. The molecule has 0 amide bonds. The van der Waals surface area contributed by atoms with Gasteiger partial charge in [0.05, 0.1) is 11.4 Å². The van der Waals surface area contributed by atoms with Crippen molar-refractivity contribution in [1.29, 1.82) is 0 Å². The fourth-order valence-electron chi connectivity index (χ4n) is 9.22. The zero-order chi connectivity index (χ0) is 40.9. The molecule has 2 aromatic heterocycles. The summed E-state index contributed by atoms with van der Waals surface area (Å²) in [5, 5.41) is 2.59. The minimum Gasteiger partial charge on any atom is -0.264 e. The van der Waals surface area contributed by atoms with Crippen LogP contribution in [0.1, 0.15) is 25.0 Å². The van der Waals surface area contributed by atoms with Crippen LogP contribution in [-0.2, 0) is 5.41 Å². The molecule has 0 atom stereocenters. The topological polar surface area (TPSA) is 38.7 Å². The number of pyridine rings is 1. The van der Waals surface area contributed by atoms with Crippen LogP contribution < -0.4 is 0 Å². The highest BCUT2D eigenvalue weighted by molar-refractivity contribution is 6.06. The smallest absolute Gasteiger partial charge is 0.160 e. The van der Waals surface area contributed by atoms with E-state index in [1.54, 1.807) is 6.20 Å². The molecule has 2 heterocycles. The molecule has 0 saturated carbocycles. The third-order valence-corrected chi connectivity index (χ3v) is 12.4. The van der Waals surface area contributed by atoms with Crippen molar-refractivity contribution in [3.63, 3.8) is 0 Å². The summed E-state index contributed by atoms with van der Waals surface area (Å²) in [6, 6.07) is 71.8. The molecule has 10 aromatic rings. The molecule has 0 N–H and O–H groups in total. The number of benzene rings is 8. The monoisotopic (exact) mass is 779 g/mol. The molecule has 0 saturated heterocycles. The van der Waals surface area contributed by atoms with Crippen molar-refractivity contribution in [2.45, 2.75) is 19.3 Å². The molecule has 8 aromatic carbocycles. The SMILES string of the molecule is CC1(C)c2cccc(-c3cccc(-c4cccc(-c5cccc(-c6cc(-c7ccc(-c8cccnc8)cc7)nc(-c7ccccc7)n6)c5)c4)c3)c2-c2c1ccc1ccccc21. The van der Waals surface area contributed by atoms with Crippen LogP contribution in [0.4, 0.5) is 0 Å². The number of fused-ring (bicyclic) bond motifs is 5. The summed E-state index contributed by atoms with van der Waals surface area (Å²) in [5.74, 6) is 0.695. The first-order valence-corrected chi connectivity index (χ1v) is 20.9. The minimum atomic E-state index is -0.0894. The van der Waals surface area contributed by atoms with Gasteiger partial charge < -0.3 is 0 Å². The van der Waals surface area contributed by atoms with E-state index >= 15 is 0 Å². The number of hydrogen-bond acceptors (Lipinski definition) is 3. The average molecular weight is 780 g/mol. The van der Waals surface area contributed by atoms with Crippen molar-refractivity contribution in [1.82, 2.24) is 15.0 Å². The van der Waals surface area contributed by atoms with Crippen molar-refractivity contribution in [3.8, 4) is 89.5 Å². The molecule has 0 radical (unpaired) electrons. The predicted molar refractivity (Wildman–Crippen MR) is 253 cm³/mol. The highest BCUT2D eigenvalue weighted by atomic mass is 14.9. The molecule has 288 valence electrons. The molecule has 0 fully saturated rings. The summed E-state index contributed by atoms with van der Waals surface area (Å²) in [6.45, 7) is 4.73. The van der Waals surface area contributed by atoms with Crippen LogP contribution in [0.15, 0.2) is 213 Å². The molecule has 0 spiro atoms. The second-order valence-corrected chi connectivity index (χ2v) is 16.5. The molecular weight excluding hydrogens is 739 g/mol. The highest BCUT2D eigenvalue weighted by Gasteiger charge is 2.37. The van der Waals surface area contributed by atoms with Gasteiger partial charge in [-0.2, -0.15) is 0 Å². The van der Waals surface area contributed by atoms with Crippen molar-refractivity contribution in [2.75, 3.05) is 0 Å². The molecule has 61 heavy (non-hydrogen) atoms. The molecule has 3 heteroatoms. The maximum Gasteiger partial charge on any atom is 0.160 e. The van der Waals surface area contributed by atoms with E-state index in [0.717, 1.165) is 50.3 Å². The summed E-state index contributed by atoms with van der Waals surface area (Å²) in [5.41, 5.74) is 19.5. The third kappa shape index (κ3) is 6.52. The van der Waals surface area contributed by atoms with Crippen LogP contribution in [-0.4, -0.2) is 15.0 Å². The van der Waals surface area contributed by atoms with Gasteiger partial charge in [-0.05, 0) is 108 Å². The normalized spacial score (nSPS) is 12.6. The van der Waals surface area contributed by atoms with Crippen LogP contribution >= 0.6 is 0 Å². The maximum absolute atomic E-state index is 5.15. The number of hydrogen-bond donors (Lipinski definition) is 0. The highest BCUT2D eigenvalue weighted by Crippen LogP contribution is 2.54. The van der Waals surface area contributed by atoms with E-state index in [1.807, 2.05) is 30.5 Å². The van der Waals surface area contributed by atoms with E-state index < -0.39 is 0 Å². The Kier molecular flexibility index (Phi) is 8.82. The minimum absolute atomic E-state index is 0.0894. The van der Waals surface area contributed by atoms with Gasteiger partial charge in [-0.15, -0.1) is 0 Å². The zero-order valence-electron chi connectivity index (χ0n) is 34.0. The van der Waals surface area contributed by atoms with Crippen molar-refractivity contribution in [3.05, 3.63) is 224 Å². The van der Waals surface area contributed by atoms with E-state index in [1.165, 1.54) is 55.3 Å². The Labute approximate surface area is 356 Å². The largest absolute Gasteiger partial charge is 0.264 e. The number of nitrogens with zero attached hydrogens (tertiary/aromatic N) is 3. The van der Waals surface area contributed by atoms with Gasteiger partial charge in [0.25, 0.3) is 0 Å². The van der Waals surface area contributed by atoms with Gasteiger partial charge in [0, 0.05) is 34.5 Å². The number of rotatable bonds is 7. The first kappa shape index (κ1) is 36.3. The second-order valence-electron chi connectivity index (χ2n) is 16.5. The Bertz CT molecular complexity index is 3260. The lowest BCUT2D eigenvalue weighted by atomic mass is 9.81. The van der Waals surface area contributed by atoms with Crippen molar-refractivity contribution in [2.24, 2.45) is 0 Å². The Morgan fingerprint density at radius 3 is 1.64 bits per heavy atom. The molecule has 11 rings (SSSR count). The van der Waals surface area contributed by atoms with Gasteiger partial charge >= 0.3 is 0 Å². The fraction of sp³-hybridized carbons (Fsp3) is 0.0517. The van der Waals surface area contributed by atoms with E-state index in [4.69, 9.17) is 9.97 Å². The summed E-state index contributed by atoms with van der Waals surface area (Å²) < 4.78 is 0. The molecular formula is C58H41N3. The molecule has 1 aliphatic carbocycles. The number of aromatic nitrogens is 3. The van der Waals surface area contributed by atoms with Crippen molar-refractivity contribution < 1.29 is 0 Å². The lowest BCUT2D eigenvalue weighted by Crippen LogP contribution is -2.14. The van der Waals surface area contributed by atoms with Gasteiger partial charge in [0.1, 0.15) is 0 Å². The van der Waals surface area contributed by atoms with E-state index in [9.17, 15) is 0 Å². The fourth-order valence-corrected chi connectivity index (χ4v) is 9.22. The first-order chi connectivity index (χ1) is 30.0. The van der Waals surface area contributed by atoms with Gasteiger partial charge in [-0.3, -0.25) is 4.98 Å². The maximum atomic E-state index is 5.15. The summed E-state index contributed by atoms with van der Waals surface area (Å²) in [6.07, 6.45) is 3.69. The van der Waals surface area contributed by atoms with Crippen molar-refractivity contribution >= 4 is 10.8 Å². The van der Waals surface area contributed by atoms with E-state index in [0.29, 0.717) is 5.82 Å². The van der Waals surface area contributed by atoms with Gasteiger partial charge in [-0.25, -0.2) is 9.97 Å².